The third kappa shape index (κ3) is 9.22. The van der Waals surface area contributed by atoms with Crippen LogP contribution in [0.2, 0.25) is 0 Å². The molecule has 0 fully saturated rings. The number of rotatable bonds is 6. The molecule has 0 amide bonds. The van der Waals surface area contributed by atoms with E-state index in [0.717, 1.165) is 6.26 Å². The van der Waals surface area contributed by atoms with Crippen molar-refractivity contribution in [2.45, 2.75) is 12.8 Å². The summed E-state index contributed by atoms with van der Waals surface area (Å²) in [5.74, 6) is 0. The van der Waals surface area contributed by atoms with E-state index in [1.54, 1.807) is 0 Å². The van der Waals surface area contributed by atoms with Crippen molar-refractivity contribution in [2.75, 3.05) is 19.3 Å². The zero-order valence-electron chi connectivity index (χ0n) is 6.89. The van der Waals surface area contributed by atoms with Gasteiger partial charge in [-0.15, -0.1) is 0 Å². The van der Waals surface area contributed by atoms with Gasteiger partial charge in [-0.1, -0.05) is 5.11 Å². The first kappa shape index (κ1) is 11.2. The van der Waals surface area contributed by atoms with E-state index in [2.05, 4.69) is 14.7 Å². The minimum absolute atomic E-state index is 0.403. The van der Waals surface area contributed by atoms with Crippen LogP contribution in [-0.4, -0.2) is 27.8 Å². The SMILES string of the molecule is CS(=O)(=O)NCCCCN=[N+]=[N-]. The van der Waals surface area contributed by atoms with Crippen LogP contribution in [0, 0.1) is 0 Å². The van der Waals surface area contributed by atoms with Crippen LogP contribution in [0.25, 0.3) is 10.4 Å². The molecule has 0 atom stereocenters. The Morgan fingerprint density at radius 2 is 2.17 bits per heavy atom. The molecule has 0 aromatic rings. The largest absolute Gasteiger partial charge is 0.215 e. The number of unbranched alkanes of at least 4 members (excludes halogenated alkanes) is 1. The summed E-state index contributed by atoms with van der Waals surface area (Å²) in [5.41, 5.74) is 7.90. The Hall–Kier alpha value is -0.780. The molecule has 0 aliphatic carbocycles. The number of sulfonamides is 1. The molecule has 0 spiro atoms. The zero-order chi connectivity index (χ0) is 9.45. The molecule has 0 aromatic carbocycles. The molecule has 0 radical (unpaired) electrons. The maximum atomic E-state index is 10.5. The topological polar surface area (TPSA) is 94.9 Å². The van der Waals surface area contributed by atoms with Crippen molar-refractivity contribution in [3.05, 3.63) is 10.4 Å². The van der Waals surface area contributed by atoms with E-state index in [4.69, 9.17) is 5.53 Å². The Balaban J connectivity index is 3.28. The van der Waals surface area contributed by atoms with Gasteiger partial charge in [0.15, 0.2) is 0 Å². The monoisotopic (exact) mass is 192 g/mol. The number of hydrogen-bond acceptors (Lipinski definition) is 3. The molecule has 0 unspecified atom stereocenters. The highest BCUT2D eigenvalue weighted by molar-refractivity contribution is 7.88. The predicted octanol–water partition coefficient (Wildman–Crippen LogP) is 0.626. The van der Waals surface area contributed by atoms with Crippen LogP contribution in [0.3, 0.4) is 0 Å². The van der Waals surface area contributed by atoms with Gasteiger partial charge in [0.2, 0.25) is 10.0 Å². The van der Waals surface area contributed by atoms with Gasteiger partial charge in [0.1, 0.15) is 0 Å². The summed E-state index contributed by atoms with van der Waals surface area (Å²) in [6, 6.07) is 0. The summed E-state index contributed by atoms with van der Waals surface area (Å²) in [4.78, 5) is 2.57. The fraction of sp³-hybridized carbons (Fsp3) is 1.00. The van der Waals surface area contributed by atoms with Crippen LogP contribution in [-0.2, 0) is 10.0 Å². The van der Waals surface area contributed by atoms with Gasteiger partial charge < -0.3 is 0 Å². The molecule has 0 bridgehead atoms. The molecule has 7 heteroatoms. The van der Waals surface area contributed by atoms with Crippen LogP contribution in [0.15, 0.2) is 5.11 Å². The van der Waals surface area contributed by atoms with Crippen LogP contribution < -0.4 is 4.72 Å². The fourth-order valence-electron chi connectivity index (χ4n) is 0.610. The maximum Gasteiger partial charge on any atom is 0.208 e. The van der Waals surface area contributed by atoms with E-state index < -0.39 is 10.0 Å². The normalized spacial score (nSPS) is 10.8. The van der Waals surface area contributed by atoms with Gasteiger partial charge >= 0.3 is 0 Å². The lowest BCUT2D eigenvalue weighted by Gasteiger charge is -1.99. The Kier molecular flexibility index (Phi) is 5.44. The first-order valence-corrected chi connectivity index (χ1v) is 5.41. The molecule has 6 nitrogen and oxygen atoms in total. The van der Waals surface area contributed by atoms with Crippen molar-refractivity contribution in [2.24, 2.45) is 5.11 Å². The lowest BCUT2D eigenvalue weighted by molar-refractivity contribution is 0.583. The molecule has 0 heterocycles. The van der Waals surface area contributed by atoms with Crippen LogP contribution >= 0.6 is 0 Å². The van der Waals surface area contributed by atoms with Crippen molar-refractivity contribution in [1.29, 1.82) is 0 Å². The van der Waals surface area contributed by atoms with Crippen molar-refractivity contribution >= 4 is 10.0 Å². The summed E-state index contributed by atoms with van der Waals surface area (Å²) in [6.07, 6.45) is 2.50. The zero-order valence-corrected chi connectivity index (χ0v) is 7.71. The first-order chi connectivity index (χ1) is 5.56. The third-order valence-electron chi connectivity index (χ3n) is 1.11. The van der Waals surface area contributed by atoms with Crippen LogP contribution in [0.5, 0.6) is 0 Å². The Morgan fingerprint density at radius 1 is 1.50 bits per heavy atom. The molecule has 1 N–H and O–H groups in total. The third-order valence-corrected chi connectivity index (χ3v) is 1.84. The molecule has 0 saturated heterocycles. The lowest BCUT2D eigenvalue weighted by Crippen LogP contribution is -2.22. The second-order valence-corrected chi connectivity index (χ2v) is 4.16. The molecule has 0 aliphatic heterocycles. The van der Waals surface area contributed by atoms with Gasteiger partial charge in [0.05, 0.1) is 6.26 Å². The average molecular weight is 192 g/mol. The Labute approximate surface area is 71.6 Å². The summed E-state index contributed by atoms with van der Waals surface area (Å²) < 4.78 is 23.4. The molecular formula is C5H12N4O2S. The number of hydrogen-bond donors (Lipinski definition) is 1. The number of nitrogens with one attached hydrogen (secondary N) is 1. The molecule has 0 rings (SSSR count). The van der Waals surface area contributed by atoms with Gasteiger partial charge in [0, 0.05) is 18.0 Å². The van der Waals surface area contributed by atoms with Gasteiger partial charge in [-0.25, -0.2) is 13.1 Å². The van der Waals surface area contributed by atoms with Gasteiger partial charge in [-0.2, -0.15) is 0 Å². The molecule has 0 aromatic heterocycles. The van der Waals surface area contributed by atoms with E-state index >= 15 is 0 Å². The van der Waals surface area contributed by atoms with Crippen molar-refractivity contribution in [3.8, 4) is 0 Å². The Bertz CT molecular complexity index is 255. The Morgan fingerprint density at radius 3 is 2.67 bits per heavy atom. The molecular weight excluding hydrogens is 180 g/mol. The van der Waals surface area contributed by atoms with Crippen molar-refractivity contribution in [3.63, 3.8) is 0 Å². The quantitative estimate of drug-likeness (QED) is 0.289. The van der Waals surface area contributed by atoms with E-state index in [-0.39, 0.29) is 0 Å². The van der Waals surface area contributed by atoms with Gasteiger partial charge in [-0.3, -0.25) is 0 Å². The van der Waals surface area contributed by atoms with Gasteiger partial charge in [-0.05, 0) is 18.4 Å². The smallest absolute Gasteiger partial charge is 0.208 e. The lowest BCUT2D eigenvalue weighted by atomic mass is 10.3. The van der Waals surface area contributed by atoms with Crippen molar-refractivity contribution in [1.82, 2.24) is 4.72 Å². The molecule has 12 heavy (non-hydrogen) atoms. The average Bonchev–Trinajstić information content (AvgIpc) is 1.94. The van der Waals surface area contributed by atoms with E-state index in [9.17, 15) is 8.42 Å². The highest BCUT2D eigenvalue weighted by Gasteiger charge is 1.97. The minimum Gasteiger partial charge on any atom is -0.215 e. The second kappa shape index (κ2) is 5.82. The highest BCUT2D eigenvalue weighted by atomic mass is 32.2. The summed E-state index contributed by atoms with van der Waals surface area (Å²) in [7, 11) is -3.07. The predicted molar refractivity (Wildman–Crippen MR) is 46.1 cm³/mol. The maximum absolute atomic E-state index is 10.5. The summed E-state index contributed by atoms with van der Waals surface area (Å²) in [5, 5.41) is 3.31. The standard InChI is InChI=1S/C5H12N4O2S/c1-12(10,11)8-5-3-2-4-7-9-6/h8H,2-5H2,1H3. The van der Waals surface area contributed by atoms with E-state index in [0.29, 0.717) is 25.9 Å². The number of azide groups is 1. The molecule has 0 saturated carbocycles. The van der Waals surface area contributed by atoms with Crippen LogP contribution in [0.4, 0.5) is 0 Å². The fourth-order valence-corrected chi connectivity index (χ4v) is 1.12. The van der Waals surface area contributed by atoms with Gasteiger partial charge in [0.25, 0.3) is 0 Å². The highest BCUT2D eigenvalue weighted by Crippen LogP contribution is 1.88. The van der Waals surface area contributed by atoms with E-state index in [1.165, 1.54) is 0 Å². The summed E-state index contributed by atoms with van der Waals surface area (Å²) in [6.45, 7) is 0.821. The van der Waals surface area contributed by atoms with Crippen molar-refractivity contribution < 1.29 is 8.42 Å². The van der Waals surface area contributed by atoms with Crippen LogP contribution in [0.1, 0.15) is 12.8 Å². The molecule has 0 aliphatic rings. The molecule has 70 valence electrons. The second-order valence-electron chi connectivity index (χ2n) is 2.33. The summed E-state index contributed by atoms with van der Waals surface area (Å²) >= 11 is 0. The minimum atomic E-state index is -3.07. The first-order valence-electron chi connectivity index (χ1n) is 3.52. The number of nitrogens with zero attached hydrogens (tertiary/aromatic N) is 3. The van der Waals surface area contributed by atoms with E-state index in [1.807, 2.05) is 0 Å².